The van der Waals surface area contributed by atoms with Crippen molar-refractivity contribution in [1.29, 1.82) is 0 Å². The monoisotopic (exact) mass is 206 g/mol. The van der Waals surface area contributed by atoms with Crippen molar-refractivity contribution in [2.45, 2.75) is 26.3 Å². The van der Waals surface area contributed by atoms with Crippen LogP contribution in [-0.4, -0.2) is 20.6 Å². The molecule has 1 aromatic carbocycles. The van der Waals surface area contributed by atoms with Crippen molar-refractivity contribution in [3.05, 3.63) is 29.8 Å². The molecule has 2 rings (SSSR count). The maximum absolute atomic E-state index is 3.35. The van der Waals surface area contributed by atoms with Gasteiger partial charge in [-0.05, 0) is 25.1 Å². The number of rotatable bonds is 1. The first-order chi connectivity index (χ1) is 7.33. The summed E-state index contributed by atoms with van der Waals surface area (Å²) in [5.74, 6) is 0. The van der Waals surface area contributed by atoms with E-state index in [1.807, 2.05) is 20.9 Å². The summed E-state index contributed by atoms with van der Waals surface area (Å²) >= 11 is 0. The minimum absolute atomic E-state index is 0.535. The summed E-state index contributed by atoms with van der Waals surface area (Å²) in [7, 11) is 4.19. The van der Waals surface area contributed by atoms with E-state index in [2.05, 4.69) is 41.5 Å². The normalized spacial score (nSPS) is 18.9. The maximum Gasteiger partial charge on any atom is 0.0412 e. The van der Waals surface area contributed by atoms with Gasteiger partial charge in [0.25, 0.3) is 0 Å². The van der Waals surface area contributed by atoms with Crippen LogP contribution in [0.3, 0.4) is 0 Å². The third-order valence-corrected chi connectivity index (χ3v) is 2.83. The van der Waals surface area contributed by atoms with Crippen LogP contribution in [0.15, 0.2) is 24.3 Å². The van der Waals surface area contributed by atoms with Crippen LogP contribution < -0.4 is 10.2 Å². The van der Waals surface area contributed by atoms with Gasteiger partial charge < -0.3 is 10.2 Å². The van der Waals surface area contributed by atoms with Crippen molar-refractivity contribution in [2.24, 2.45) is 0 Å². The highest BCUT2D eigenvalue weighted by molar-refractivity contribution is 5.56. The topological polar surface area (TPSA) is 15.3 Å². The van der Waals surface area contributed by atoms with Crippen LogP contribution in [0, 0.1) is 0 Å². The first-order valence-electron chi connectivity index (χ1n) is 5.80. The molecule has 1 unspecified atom stereocenters. The number of benzene rings is 1. The Morgan fingerprint density at radius 2 is 1.93 bits per heavy atom. The van der Waals surface area contributed by atoms with Crippen molar-refractivity contribution in [3.8, 4) is 0 Å². The Balaban J connectivity index is 0.000000531. The van der Waals surface area contributed by atoms with Crippen LogP contribution in [0.5, 0.6) is 0 Å². The van der Waals surface area contributed by atoms with Crippen molar-refractivity contribution in [3.63, 3.8) is 0 Å². The summed E-state index contributed by atoms with van der Waals surface area (Å²) < 4.78 is 0. The second-order valence-electron chi connectivity index (χ2n) is 3.61. The Labute approximate surface area is 93.3 Å². The van der Waals surface area contributed by atoms with Crippen LogP contribution >= 0.6 is 0 Å². The average molecular weight is 206 g/mol. The van der Waals surface area contributed by atoms with Gasteiger partial charge in [0.05, 0.1) is 0 Å². The summed E-state index contributed by atoms with van der Waals surface area (Å²) in [5.41, 5.74) is 2.80. The predicted molar refractivity (Wildman–Crippen MR) is 67.5 cm³/mol. The SMILES string of the molecule is CC.CNC1CCN(C)c2ccccc21. The number of hydrogen-bond donors (Lipinski definition) is 1. The van der Waals surface area contributed by atoms with E-state index in [1.54, 1.807) is 0 Å². The molecule has 1 atom stereocenters. The molecule has 84 valence electrons. The zero-order valence-electron chi connectivity index (χ0n) is 10.2. The zero-order valence-corrected chi connectivity index (χ0v) is 10.2. The molecule has 0 fully saturated rings. The molecular weight excluding hydrogens is 184 g/mol. The van der Waals surface area contributed by atoms with Crippen LogP contribution in [0.1, 0.15) is 31.9 Å². The van der Waals surface area contributed by atoms with Gasteiger partial charge in [-0.1, -0.05) is 32.0 Å². The fourth-order valence-electron chi connectivity index (χ4n) is 2.03. The molecule has 1 N–H and O–H groups in total. The molecule has 0 aliphatic carbocycles. The van der Waals surface area contributed by atoms with Gasteiger partial charge in [-0.2, -0.15) is 0 Å². The lowest BCUT2D eigenvalue weighted by Crippen LogP contribution is -2.31. The molecule has 2 nitrogen and oxygen atoms in total. The third-order valence-electron chi connectivity index (χ3n) is 2.83. The lowest BCUT2D eigenvalue weighted by atomic mass is 9.97. The summed E-state index contributed by atoms with van der Waals surface area (Å²) in [4.78, 5) is 2.32. The van der Waals surface area contributed by atoms with Gasteiger partial charge in [0.1, 0.15) is 0 Å². The molecule has 1 aliphatic rings. The summed E-state index contributed by atoms with van der Waals surface area (Å²) in [6.45, 7) is 5.14. The quantitative estimate of drug-likeness (QED) is 0.760. The van der Waals surface area contributed by atoms with E-state index < -0.39 is 0 Å². The highest BCUT2D eigenvalue weighted by atomic mass is 15.1. The number of anilines is 1. The first-order valence-corrected chi connectivity index (χ1v) is 5.80. The Morgan fingerprint density at radius 3 is 2.60 bits per heavy atom. The molecule has 1 heterocycles. The lowest BCUT2D eigenvalue weighted by molar-refractivity contribution is 0.528. The van der Waals surface area contributed by atoms with Gasteiger partial charge in [0.2, 0.25) is 0 Å². The molecule has 0 amide bonds. The van der Waals surface area contributed by atoms with E-state index in [1.165, 1.54) is 17.7 Å². The highest BCUT2D eigenvalue weighted by Crippen LogP contribution is 2.31. The lowest BCUT2D eigenvalue weighted by Gasteiger charge is -2.32. The van der Waals surface area contributed by atoms with Crippen LogP contribution in [0.25, 0.3) is 0 Å². The van der Waals surface area contributed by atoms with E-state index in [9.17, 15) is 0 Å². The van der Waals surface area contributed by atoms with Crippen LogP contribution in [0.2, 0.25) is 0 Å². The van der Waals surface area contributed by atoms with E-state index in [-0.39, 0.29) is 0 Å². The summed E-state index contributed by atoms with van der Waals surface area (Å²) in [6, 6.07) is 9.16. The molecule has 1 aliphatic heterocycles. The van der Waals surface area contributed by atoms with Gasteiger partial charge in [-0.3, -0.25) is 0 Å². The molecule has 0 radical (unpaired) electrons. The van der Waals surface area contributed by atoms with Crippen molar-refractivity contribution in [2.75, 3.05) is 25.5 Å². The standard InChI is InChI=1S/C11H16N2.C2H6/c1-12-10-7-8-13(2)11-6-4-3-5-9(10)11;1-2/h3-6,10,12H,7-8H2,1-2H3;1-2H3. The minimum atomic E-state index is 0.535. The number of para-hydroxylation sites is 1. The van der Waals surface area contributed by atoms with Crippen molar-refractivity contribution in [1.82, 2.24) is 5.32 Å². The maximum atomic E-state index is 3.35. The van der Waals surface area contributed by atoms with Crippen LogP contribution in [-0.2, 0) is 0 Å². The van der Waals surface area contributed by atoms with Gasteiger partial charge in [-0.15, -0.1) is 0 Å². The second-order valence-corrected chi connectivity index (χ2v) is 3.61. The number of nitrogens with zero attached hydrogens (tertiary/aromatic N) is 1. The predicted octanol–water partition coefficient (Wildman–Crippen LogP) is 2.81. The molecule has 0 aromatic heterocycles. The van der Waals surface area contributed by atoms with Gasteiger partial charge in [0.15, 0.2) is 0 Å². The van der Waals surface area contributed by atoms with Gasteiger partial charge in [0, 0.05) is 25.3 Å². The summed E-state index contributed by atoms with van der Waals surface area (Å²) in [6.07, 6.45) is 1.20. The van der Waals surface area contributed by atoms with Gasteiger partial charge in [-0.25, -0.2) is 0 Å². The number of nitrogens with one attached hydrogen (secondary N) is 1. The molecule has 0 saturated carbocycles. The fraction of sp³-hybridized carbons (Fsp3) is 0.538. The Morgan fingerprint density at radius 1 is 1.27 bits per heavy atom. The van der Waals surface area contributed by atoms with E-state index in [0.29, 0.717) is 6.04 Å². The van der Waals surface area contributed by atoms with Crippen molar-refractivity contribution < 1.29 is 0 Å². The zero-order chi connectivity index (χ0) is 11.3. The second kappa shape index (κ2) is 5.76. The summed E-state index contributed by atoms with van der Waals surface area (Å²) in [5, 5.41) is 3.35. The number of fused-ring (bicyclic) bond motifs is 1. The molecule has 2 heteroatoms. The molecule has 1 aromatic rings. The largest absolute Gasteiger partial charge is 0.374 e. The molecule has 0 spiro atoms. The molecule has 0 saturated heterocycles. The third kappa shape index (κ3) is 2.51. The Hall–Kier alpha value is -1.02. The average Bonchev–Trinajstić information content (AvgIpc) is 2.33. The van der Waals surface area contributed by atoms with Crippen LogP contribution in [0.4, 0.5) is 5.69 Å². The number of hydrogen-bond acceptors (Lipinski definition) is 2. The van der Waals surface area contributed by atoms with E-state index in [4.69, 9.17) is 0 Å². The van der Waals surface area contributed by atoms with E-state index >= 15 is 0 Å². The molecular formula is C13H22N2. The minimum Gasteiger partial charge on any atom is -0.374 e. The van der Waals surface area contributed by atoms with Crippen molar-refractivity contribution >= 4 is 5.69 Å². The highest BCUT2D eigenvalue weighted by Gasteiger charge is 2.20. The fourth-order valence-corrected chi connectivity index (χ4v) is 2.03. The Bertz CT molecular complexity index is 296. The molecule has 15 heavy (non-hydrogen) atoms. The molecule has 0 bridgehead atoms. The van der Waals surface area contributed by atoms with Gasteiger partial charge >= 0.3 is 0 Å². The first kappa shape index (κ1) is 12.1. The Kier molecular flexibility index (Phi) is 4.63. The smallest absolute Gasteiger partial charge is 0.0412 e. The van der Waals surface area contributed by atoms with E-state index in [0.717, 1.165) is 6.54 Å².